The number of carbonyl (C=O) groups excluding carboxylic acids is 1. The first-order valence-electron chi connectivity index (χ1n) is 6.60. The minimum atomic E-state index is 0.191. The van der Waals surface area contributed by atoms with Gasteiger partial charge in [-0.15, -0.1) is 11.3 Å². The van der Waals surface area contributed by atoms with Crippen LogP contribution in [0.5, 0.6) is 0 Å². The Balaban J connectivity index is 1.58. The van der Waals surface area contributed by atoms with E-state index in [1.165, 1.54) is 0 Å². The molecule has 1 atom stereocenters. The van der Waals surface area contributed by atoms with Crippen molar-refractivity contribution in [2.45, 2.75) is 51.6 Å². The number of thiazole rings is 1. The third-order valence-electron chi connectivity index (χ3n) is 3.05. The van der Waals surface area contributed by atoms with Crippen molar-refractivity contribution in [1.29, 1.82) is 0 Å². The van der Waals surface area contributed by atoms with Crippen LogP contribution >= 0.6 is 11.3 Å². The second-order valence-corrected chi connectivity index (χ2v) is 5.97. The van der Waals surface area contributed by atoms with Crippen molar-refractivity contribution >= 4 is 17.2 Å². The highest BCUT2D eigenvalue weighted by Gasteiger charge is 2.22. The van der Waals surface area contributed by atoms with E-state index in [0.29, 0.717) is 12.5 Å². The number of nitrogens with zero attached hydrogens (tertiary/aromatic N) is 1. The minimum Gasteiger partial charge on any atom is -0.353 e. The summed E-state index contributed by atoms with van der Waals surface area (Å²) in [5.41, 5.74) is 1.10. The molecule has 1 heterocycles. The SMILES string of the molecule is Cc1nc(C(C)NCCCC(=O)NC2CC2)cs1. The molecule has 0 bridgehead atoms. The molecule has 1 aromatic rings. The average Bonchev–Trinajstić information content (AvgIpc) is 3.03. The van der Waals surface area contributed by atoms with Crippen LogP contribution in [0.4, 0.5) is 0 Å². The van der Waals surface area contributed by atoms with E-state index in [0.717, 1.165) is 36.5 Å². The summed E-state index contributed by atoms with van der Waals surface area (Å²) in [7, 11) is 0. The van der Waals surface area contributed by atoms with Crippen LogP contribution in [0.2, 0.25) is 0 Å². The fourth-order valence-electron chi connectivity index (χ4n) is 1.78. The molecule has 0 aliphatic heterocycles. The van der Waals surface area contributed by atoms with Gasteiger partial charge in [0.15, 0.2) is 0 Å². The molecule has 0 aromatic carbocycles. The van der Waals surface area contributed by atoms with Gasteiger partial charge in [0.1, 0.15) is 0 Å². The molecule has 1 saturated carbocycles. The Morgan fingerprint density at radius 3 is 3.00 bits per heavy atom. The number of nitrogens with one attached hydrogen (secondary N) is 2. The van der Waals surface area contributed by atoms with Crippen molar-refractivity contribution < 1.29 is 4.79 Å². The van der Waals surface area contributed by atoms with Gasteiger partial charge in [-0.2, -0.15) is 0 Å². The highest BCUT2D eigenvalue weighted by atomic mass is 32.1. The van der Waals surface area contributed by atoms with Crippen LogP contribution in [-0.4, -0.2) is 23.5 Å². The smallest absolute Gasteiger partial charge is 0.220 e. The van der Waals surface area contributed by atoms with Crippen molar-refractivity contribution in [2.75, 3.05) is 6.54 Å². The molecule has 0 saturated heterocycles. The third kappa shape index (κ3) is 4.38. The Bertz CT molecular complexity index is 401. The summed E-state index contributed by atoms with van der Waals surface area (Å²) < 4.78 is 0. The molecule has 2 rings (SSSR count). The van der Waals surface area contributed by atoms with Crippen LogP contribution in [0.25, 0.3) is 0 Å². The van der Waals surface area contributed by atoms with Gasteiger partial charge in [-0.05, 0) is 39.7 Å². The van der Waals surface area contributed by atoms with Gasteiger partial charge in [-0.1, -0.05) is 0 Å². The monoisotopic (exact) mass is 267 g/mol. The first kappa shape index (κ1) is 13.5. The molecule has 1 fully saturated rings. The summed E-state index contributed by atoms with van der Waals surface area (Å²) in [6, 6.07) is 0.740. The van der Waals surface area contributed by atoms with Gasteiger partial charge < -0.3 is 10.6 Å². The van der Waals surface area contributed by atoms with E-state index in [2.05, 4.69) is 27.9 Å². The van der Waals surface area contributed by atoms with Crippen LogP contribution in [0.15, 0.2) is 5.38 Å². The lowest BCUT2D eigenvalue weighted by Gasteiger charge is -2.11. The van der Waals surface area contributed by atoms with Crippen molar-refractivity contribution in [2.24, 2.45) is 0 Å². The number of rotatable bonds is 7. The standard InChI is InChI=1S/C13H21N3OS/c1-9(12-8-18-10(2)15-12)14-7-3-4-13(17)16-11-5-6-11/h8-9,11,14H,3-7H2,1-2H3,(H,16,17). The van der Waals surface area contributed by atoms with E-state index in [-0.39, 0.29) is 11.9 Å². The minimum absolute atomic E-state index is 0.191. The van der Waals surface area contributed by atoms with Crippen LogP contribution in [0.1, 0.15) is 49.4 Å². The van der Waals surface area contributed by atoms with Gasteiger partial charge in [0.05, 0.1) is 10.7 Å². The Morgan fingerprint density at radius 2 is 2.39 bits per heavy atom. The van der Waals surface area contributed by atoms with Crippen molar-refractivity contribution in [3.63, 3.8) is 0 Å². The summed E-state index contributed by atoms with van der Waals surface area (Å²) in [5, 5.41) is 9.59. The van der Waals surface area contributed by atoms with E-state index in [9.17, 15) is 4.79 Å². The maximum absolute atomic E-state index is 11.5. The molecule has 1 unspecified atom stereocenters. The number of carbonyl (C=O) groups is 1. The van der Waals surface area contributed by atoms with Crippen molar-refractivity contribution in [3.05, 3.63) is 16.1 Å². The number of aryl methyl sites for hydroxylation is 1. The average molecular weight is 267 g/mol. The zero-order chi connectivity index (χ0) is 13.0. The molecular formula is C13H21N3OS. The first-order chi connectivity index (χ1) is 8.65. The second-order valence-electron chi connectivity index (χ2n) is 4.91. The Kier molecular flexibility index (Phi) is 4.72. The second kappa shape index (κ2) is 6.29. The molecule has 0 radical (unpaired) electrons. The van der Waals surface area contributed by atoms with Crippen LogP contribution in [-0.2, 0) is 4.79 Å². The van der Waals surface area contributed by atoms with E-state index in [1.807, 2.05) is 6.92 Å². The summed E-state index contributed by atoms with van der Waals surface area (Å²) in [6.45, 7) is 4.98. The number of hydrogen-bond acceptors (Lipinski definition) is 4. The van der Waals surface area contributed by atoms with Crippen LogP contribution in [0, 0.1) is 6.92 Å². The van der Waals surface area contributed by atoms with Gasteiger partial charge in [0.25, 0.3) is 0 Å². The molecule has 4 nitrogen and oxygen atoms in total. The summed E-state index contributed by atoms with van der Waals surface area (Å²) in [4.78, 5) is 15.9. The molecule has 1 aliphatic rings. The van der Waals surface area contributed by atoms with E-state index in [4.69, 9.17) is 0 Å². The summed E-state index contributed by atoms with van der Waals surface area (Å²) in [6.07, 6.45) is 3.81. The number of hydrogen-bond donors (Lipinski definition) is 2. The molecule has 18 heavy (non-hydrogen) atoms. The third-order valence-corrected chi connectivity index (χ3v) is 3.85. The lowest BCUT2D eigenvalue weighted by molar-refractivity contribution is -0.121. The summed E-state index contributed by atoms with van der Waals surface area (Å²) in [5.74, 6) is 0.191. The number of aromatic nitrogens is 1. The number of amides is 1. The highest BCUT2D eigenvalue weighted by Crippen LogP contribution is 2.18. The quantitative estimate of drug-likeness (QED) is 0.744. The fraction of sp³-hybridized carbons (Fsp3) is 0.692. The maximum atomic E-state index is 11.5. The van der Waals surface area contributed by atoms with E-state index in [1.54, 1.807) is 11.3 Å². The Labute approximate surface area is 112 Å². The molecule has 0 spiro atoms. The summed E-state index contributed by atoms with van der Waals surface area (Å²) >= 11 is 1.68. The van der Waals surface area contributed by atoms with Gasteiger partial charge in [0, 0.05) is 23.9 Å². The highest BCUT2D eigenvalue weighted by molar-refractivity contribution is 7.09. The molecule has 5 heteroatoms. The molecule has 1 amide bonds. The van der Waals surface area contributed by atoms with Crippen LogP contribution < -0.4 is 10.6 Å². The Morgan fingerprint density at radius 1 is 1.61 bits per heavy atom. The fourth-order valence-corrected chi connectivity index (χ4v) is 2.48. The largest absolute Gasteiger partial charge is 0.353 e. The molecular weight excluding hydrogens is 246 g/mol. The topological polar surface area (TPSA) is 54.0 Å². The Hall–Kier alpha value is -0.940. The molecule has 2 N–H and O–H groups in total. The van der Waals surface area contributed by atoms with E-state index < -0.39 is 0 Å². The maximum Gasteiger partial charge on any atom is 0.220 e. The lowest BCUT2D eigenvalue weighted by atomic mass is 10.2. The van der Waals surface area contributed by atoms with Crippen molar-refractivity contribution in [1.82, 2.24) is 15.6 Å². The van der Waals surface area contributed by atoms with Gasteiger partial charge in [-0.3, -0.25) is 4.79 Å². The van der Waals surface area contributed by atoms with Gasteiger partial charge >= 0.3 is 0 Å². The van der Waals surface area contributed by atoms with Gasteiger partial charge in [-0.25, -0.2) is 4.98 Å². The first-order valence-corrected chi connectivity index (χ1v) is 7.48. The molecule has 100 valence electrons. The van der Waals surface area contributed by atoms with Gasteiger partial charge in [0.2, 0.25) is 5.91 Å². The molecule has 1 aromatic heterocycles. The zero-order valence-electron chi connectivity index (χ0n) is 11.0. The lowest BCUT2D eigenvalue weighted by Crippen LogP contribution is -2.27. The normalized spacial score (nSPS) is 16.6. The zero-order valence-corrected chi connectivity index (χ0v) is 11.8. The van der Waals surface area contributed by atoms with E-state index >= 15 is 0 Å². The van der Waals surface area contributed by atoms with Crippen LogP contribution in [0.3, 0.4) is 0 Å². The predicted molar refractivity (Wildman–Crippen MR) is 73.7 cm³/mol. The predicted octanol–water partition coefficient (Wildman–Crippen LogP) is 2.16. The molecule has 1 aliphatic carbocycles. The van der Waals surface area contributed by atoms with Crippen molar-refractivity contribution in [3.8, 4) is 0 Å².